The molecule has 0 amide bonds. The summed E-state index contributed by atoms with van der Waals surface area (Å²) in [6.07, 6.45) is 0.454. The minimum Gasteiger partial charge on any atom is -0.480 e. The predicted molar refractivity (Wildman–Crippen MR) is 64.5 cm³/mol. The highest BCUT2D eigenvalue weighted by atomic mass is 32.2. The van der Waals surface area contributed by atoms with Gasteiger partial charge in [0.25, 0.3) is 0 Å². The summed E-state index contributed by atoms with van der Waals surface area (Å²) >= 11 is 0. The molecule has 0 fully saturated rings. The first-order chi connectivity index (χ1) is 8.24. The number of carbonyl (C=O) groups is 2. The maximum absolute atomic E-state index is 11.9. The summed E-state index contributed by atoms with van der Waals surface area (Å²) in [6, 6.07) is -0.486. The molecule has 18 heavy (non-hydrogen) atoms. The Morgan fingerprint density at radius 2 is 1.89 bits per heavy atom. The molecule has 0 saturated heterocycles. The Balaban J connectivity index is 4.96. The molecular weight excluding hydrogens is 262 g/mol. The van der Waals surface area contributed by atoms with Crippen molar-refractivity contribution in [3.8, 4) is 0 Å². The number of hydrogen-bond donors (Lipinski definition) is 1. The van der Waals surface area contributed by atoms with Gasteiger partial charge in [-0.3, -0.25) is 9.59 Å². The van der Waals surface area contributed by atoms with E-state index in [1.54, 1.807) is 20.8 Å². The van der Waals surface area contributed by atoms with Gasteiger partial charge in [-0.2, -0.15) is 4.31 Å². The Hall–Kier alpha value is -1.15. The van der Waals surface area contributed by atoms with Crippen molar-refractivity contribution in [3.63, 3.8) is 0 Å². The van der Waals surface area contributed by atoms with Gasteiger partial charge in [0.2, 0.25) is 10.0 Å². The smallest absolute Gasteiger partial charge is 0.322 e. The number of esters is 1. The monoisotopic (exact) mass is 281 g/mol. The molecule has 0 saturated carbocycles. The first kappa shape index (κ1) is 16.9. The van der Waals surface area contributed by atoms with Crippen LogP contribution in [0.2, 0.25) is 0 Å². The Bertz CT molecular complexity index is 391. The lowest BCUT2D eigenvalue weighted by atomic mass is 10.2. The lowest BCUT2D eigenvalue weighted by Crippen LogP contribution is -2.44. The van der Waals surface area contributed by atoms with E-state index < -0.39 is 40.3 Å². The number of carbonyl (C=O) groups excluding carboxylic acids is 1. The summed E-state index contributed by atoms with van der Waals surface area (Å²) < 4.78 is 29.2. The molecule has 1 unspecified atom stereocenters. The zero-order valence-electron chi connectivity index (χ0n) is 10.7. The fourth-order valence-corrected chi connectivity index (χ4v) is 2.85. The number of hydrogen-bond acceptors (Lipinski definition) is 5. The second-order valence-electron chi connectivity index (χ2n) is 3.76. The van der Waals surface area contributed by atoms with Crippen LogP contribution in [0.15, 0.2) is 0 Å². The lowest BCUT2D eigenvalue weighted by Gasteiger charge is -2.25. The van der Waals surface area contributed by atoms with Gasteiger partial charge in [-0.1, -0.05) is 6.92 Å². The topological polar surface area (TPSA) is 101 Å². The van der Waals surface area contributed by atoms with Crippen LogP contribution in [0.1, 0.15) is 27.2 Å². The Morgan fingerprint density at radius 3 is 2.28 bits per heavy atom. The summed E-state index contributed by atoms with van der Waals surface area (Å²) in [4.78, 5) is 21.9. The number of carboxylic acid groups (broad SMARTS) is 1. The Morgan fingerprint density at radius 1 is 1.33 bits per heavy atom. The van der Waals surface area contributed by atoms with Crippen LogP contribution in [0, 0.1) is 0 Å². The highest BCUT2D eigenvalue weighted by Gasteiger charge is 2.31. The molecule has 8 heteroatoms. The summed E-state index contributed by atoms with van der Waals surface area (Å²) in [5.74, 6) is -2.97. The molecule has 0 radical (unpaired) electrons. The molecule has 0 spiro atoms. The minimum absolute atomic E-state index is 0.0800. The van der Waals surface area contributed by atoms with Gasteiger partial charge in [0, 0.05) is 6.04 Å². The van der Waals surface area contributed by atoms with Gasteiger partial charge < -0.3 is 9.84 Å². The maximum atomic E-state index is 11.9. The molecule has 1 N–H and O–H groups in total. The third-order valence-electron chi connectivity index (χ3n) is 2.34. The maximum Gasteiger partial charge on any atom is 0.322 e. The minimum atomic E-state index is -3.97. The van der Waals surface area contributed by atoms with Crippen LogP contribution in [0.3, 0.4) is 0 Å². The van der Waals surface area contributed by atoms with E-state index in [1.807, 2.05) is 0 Å². The molecule has 0 aromatic heterocycles. The SMILES string of the molecule is CCOC(=O)CS(=O)(=O)N(CC(=O)O)C(C)CC. The second kappa shape index (κ2) is 7.32. The third-order valence-corrected chi connectivity index (χ3v) is 4.14. The number of carboxylic acids is 1. The van der Waals surface area contributed by atoms with E-state index in [-0.39, 0.29) is 6.61 Å². The fraction of sp³-hybridized carbons (Fsp3) is 0.800. The van der Waals surface area contributed by atoms with E-state index in [0.29, 0.717) is 6.42 Å². The van der Waals surface area contributed by atoms with Crippen molar-refractivity contribution >= 4 is 22.0 Å². The molecule has 0 aromatic rings. The van der Waals surface area contributed by atoms with Gasteiger partial charge in [-0.15, -0.1) is 0 Å². The van der Waals surface area contributed by atoms with Crippen LogP contribution in [0.4, 0.5) is 0 Å². The first-order valence-corrected chi connectivity index (χ1v) is 7.22. The normalized spacial score (nSPS) is 13.3. The molecule has 1 atom stereocenters. The van der Waals surface area contributed by atoms with E-state index in [0.717, 1.165) is 4.31 Å². The molecular formula is C10H19NO6S. The summed E-state index contributed by atoms with van der Waals surface area (Å²) in [7, 11) is -3.97. The number of ether oxygens (including phenoxy) is 1. The quantitative estimate of drug-likeness (QED) is 0.631. The zero-order valence-corrected chi connectivity index (χ0v) is 11.6. The molecule has 7 nitrogen and oxygen atoms in total. The van der Waals surface area contributed by atoms with Crippen molar-refractivity contribution in [2.24, 2.45) is 0 Å². The largest absolute Gasteiger partial charge is 0.480 e. The number of nitrogens with zero attached hydrogens (tertiary/aromatic N) is 1. The Kier molecular flexibility index (Phi) is 6.85. The average Bonchev–Trinajstić information content (AvgIpc) is 2.24. The van der Waals surface area contributed by atoms with Crippen LogP contribution in [-0.4, -0.2) is 54.7 Å². The molecule has 0 aliphatic carbocycles. The van der Waals surface area contributed by atoms with Crippen molar-refractivity contribution in [2.75, 3.05) is 18.9 Å². The third kappa shape index (κ3) is 5.46. The number of sulfonamides is 1. The van der Waals surface area contributed by atoms with E-state index in [9.17, 15) is 18.0 Å². The number of rotatable bonds is 8. The molecule has 0 aliphatic heterocycles. The van der Waals surface area contributed by atoms with Crippen molar-refractivity contribution in [3.05, 3.63) is 0 Å². The summed E-state index contributed by atoms with van der Waals surface area (Å²) in [6.45, 7) is 4.31. The summed E-state index contributed by atoms with van der Waals surface area (Å²) in [5, 5.41) is 8.71. The van der Waals surface area contributed by atoms with Crippen molar-refractivity contribution in [2.45, 2.75) is 33.2 Å². The van der Waals surface area contributed by atoms with E-state index in [4.69, 9.17) is 5.11 Å². The molecule has 0 rings (SSSR count). The van der Waals surface area contributed by atoms with Gasteiger partial charge >= 0.3 is 11.9 Å². The van der Waals surface area contributed by atoms with E-state index in [1.165, 1.54) is 0 Å². The average molecular weight is 281 g/mol. The van der Waals surface area contributed by atoms with Gasteiger partial charge in [-0.05, 0) is 20.3 Å². The predicted octanol–water partition coefficient (Wildman–Crippen LogP) is 0.0644. The summed E-state index contributed by atoms with van der Waals surface area (Å²) in [5.41, 5.74) is 0. The molecule has 0 heterocycles. The standard InChI is InChI=1S/C10H19NO6S/c1-4-8(3)11(6-9(12)13)18(15,16)7-10(14)17-5-2/h8H,4-7H2,1-3H3,(H,12,13). The molecule has 0 bridgehead atoms. The van der Waals surface area contributed by atoms with Crippen LogP contribution in [-0.2, 0) is 24.3 Å². The zero-order chi connectivity index (χ0) is 14.3. The van der Waals surface area contributed by atoms with E-state index in [2.05, 4.69) is 4.74 Å². The molecule has 0 aromatic carbocycles. The van der Waals surface area contributed by atoms with Gasteiger partial charge in [0.1, 0.15) is 6.54 Å². The Labute approximate surface area is 107 Å². The number of aliphatic carboxylic acids is 1. The van der Waals surface area contributed by atoms with Gasteiger partial charge in [0.05, 0.1) is 6.61 Å². The molecule has 0 aliphatic rings. The fourth-order valence-electron chi connectivity index (χ4n) is 1.30. The second-order valence-corrected chi connectivity index (χ2v) is 5.68. The van der Waals surface area contributed by atoms with Crippen LogP contribution >= 0.6 is 0 Å². The molecule has 106 valence electrons. The van der Waals surface area contributed by atoms with Crippen molar-refractivity contribution in [1.82, 2.24) is 4.31 Å². The van der Waals surface area contributed by atoms with Crippen LogP contribution in [0.5, 0.6) is 0 Å². The highest BCUT2D eigenvalue weighted by Crippen LogP contribution is 2.11. The van der Waals surface area contributed by atoms with E-state index >= 15 is 0 Å². The van der Waals surface area contributed by atoms with Crippen LogP contribution < -0.4 is 0 Å². The van der Waals surface area contributed by atoms with Gasteiger partial charge in [0.15, 0.2) is 5.75 Å². The van der Waals surface area contributed by atoms with Crippen molar-refractivity contribution in [1.29, 1.82) is 0 Å². The van der Waals surface area contributed by atoms with Crippen LogP contribution in [0.25, 0.3) is 0 Å². The first-order valence-electron chi connectivity index (χ1n) is 5.61. The van der Waals surface area contributed by atoms with Gasteiger partial charge in [-0.25, -0.2) is 8.42 Å². The lowest BCUT2D eigenvalue weighted by molar-refractivity contribution is -0.140. The van der Waals surface area contributed by atoms with Crippen molar-refractivity contribution < 1.29 is 27.9 Å². The highest BCUT2D eigenvalue weighted by molar-refractivity contribution is 7.89.